The van der Waals surface area contributed by atoms with Gasteiger partial charge in [0, 0.05) is 25.5 Å². The highest BCUT2D eigenvalue weighted by molar-refractivity contribution is 7.22. The minimum atomic E-state index is 0.934. The summed E-state index contributed by atoms with van der Waals surface area (Å²) in [7, 11) is 4.12. The largest absolute Gasteiger partial charge is 0.377 e. The molecule has 4 heteroatoms. The van der Waals surface area contributed by atoms with Crippen LogP contribution in [0.15, 0.2) is 36.4 Å². The monoisotopic (exact) mass is 297 g/mol. The predicted molar refractivity (Wildman–Crippen MR) is 93.1 cm³/mol. The molecule has 0 radical (unpaired) electrons. The van der Waals surface area contributed by atoms with Crippen molar-refractivity contribution in [3.8, 4) is 0 Å². The fourth-order valence-electron chi connectivity index (χ4n) is 2.38. The van der Waals surface area contributed by atoms with Gasteiger partial charge in [0.25, 0.3) is 0 Å². The second kappa shape index (κ2) is 5.37. The summed E-state index contributed by atoms with van der Waals surface area (Å²) in [5, 5.41) is 4.35. The van der Waals surface area contributed by atoms with Crippen LogP contribution >= 0.6 is 11.3 Å². The number of nitrogens with zero attached hydrogens (tertiary/aromatic N) is 2. The fraction of sp³-hybridized carbons (Fsp3) is 0.235. The molecule has 2 aromatic carbocycles. The van der Waals surface area contributed by atoms with E-state index in [1.54, 1.807) is 11.3 Å². The van der Waals surface area contributed by atoms with Crippen LogP contribution in [0.4, 0.5) is 16.5 Å². The molecular weight excluding hydrogens is 278 g/mol. The third-order valence-corrected chi connectivity index (χ3v) is 4.44. The van der Waals surface area contributed by atoms with Gasteiger partial charge in [0.2, 0.25) is 0 Å². The van der Waals surface area contributed by atoms with Crippen molar-refractivity contribution in [2.24, 2.45) is 0 Å². The van der Waals surface area contributed by atoms with Crippen molar-refractivity contribution < 1.29 is 0 Å². The lowest BCUT2D eigenvalue weighted by Crippen LogP contribution is -2.10. The van der Waals surface area contributed by atoms with Crippen molar-refractivity contribution in [3.63, 3.8) is 0 Å². The Morgan fingerprint density at radius 1 is 1.05 bits per heavy atom. The molecule has 3 aromatic rings. The van der Waals surface area contributed by atoms with Crippen LogP contribution in [0.1, 0.15) is 11.1 Å². The van der Waals surface area contributed by atoms with E-state index < -0.39 is 0 Å². The van der Waals surface area contributed by atoms with Gasteiger partial charge < -0.3 is 10.2 Å². The molecule has 0 aliphatic heterocycles. The Labute approximate surface area is 129 Å². The summed E-state index contributed by atoms with van der Waals surface area (Å²) in [6, 6.07) is 12.8. The van der Waals surface area contributed by atoms with Gasteiger partial charge in [0.1, 0.15) is 0 Å². The van der Waals surface area contributed by atoms with E-state index in [1.807, 2.05) is 0 Å². The van der Waals surface area contributed by atoms with Gasteiger partial charge in [-0.3, -0.25) is 0 Å². The van der Waals surface area contributed by atoms with Gasteiger partial charge in [0.15, 0.2) is 5.13 Å². The molecule has 1 heterocycles. The fourth-order valence-corrected chi connectivity index (χ4v) is 3.25. The third-order valence-electron chi connectivity index (χ3n) is 3.49. The molecule has 0 unspecified atom stereocenters. The zero-order valence-electron chi connectivity index (χ0n) is 12.8. The first-order chi connectivity index (χ1) is 10.0. The van der Waals surface area contributed by atoms with Crippen LogP contribution in [-0.4, -0.2) is 19.1 Å². The van der Waals surface area contributed by atoms with Crippen LogP contribution < -0.4 is 10.2 Å². The Morgan fingerprint density at radius 2 is 1.86 bits per heavy atom. The molecule has 21 heavy (non-hydrogen) atoms. The second-order valence-corrected chi connectivity index (χ2v) is 6.54. The second-order valence-electron chi connectivity index (χ2n) is 5.51. The molecule has 0 atom stereocenters. The van der Waals surface area contributed by atoms with Crippen LogP contribution in [0.2, 0.25) is 0 Å². The lowest BCUT2D eigenvalue weighted by molar-refractivity contribution is 1.11. The molecule has 0 bridgehead atoms. The average molecular weight is 297 g/mol. The van der Waals surface area contributed by atoms with E-state index in [1.165, 1.54) is 21.5 Å². The van der Waals surface area contributed by atoms with Crippen molar-refractivity contribution in [1.82, 2.24) is 4.98 Å². The van der Waals surface area contributed by atoms with Crippen LogP contribution in [0, 0.1) is 13.8 Å². The van der Waals surface area contributed by atoms with Crippen LogP contribution in [0.5, 0.6) is 0 Å². The molecule has 0 saturated carbocycles. The van der Waals surface area contributed by atoms with Gasteiger partial charge in [-0.2, -0.15) is 0 Å². The van der Waals surface area contributed by atoms with E-state index in [0.29, 0.717) is 0 Å². The molecule has 0 amide bonds. The number of rotatable bonds is 3. The predicted octanol–water partition coefficient (Wildman–Crippen LogP) is 4.72. The van der Waals surface area contributed by atoms with Crippen LogP contribution in [0.3, 0.4) is 0 Å². The lowest BCUT2D eigenvalue weighted by atomic mass is 10.1. The Bertz CT molecular complexity index is 790. The molecule has 108 valence electrons. The van der Waals surface area contributed by atoms with Gasteiger partial charge in [0.05, 0.1) is 10.2 Å². The zero-order valence-corrected chi connectivity index (χ0v) is 13.6. The maximum absolute atomic E-state index is 4.66. The normalized spacial score (nSPS) is 10.9. The number of fused-ring (bicyclic) bond motifs is 1. The third kappa shape index (κ3) is 2.85. The summed E-state index contributed by atoms with van der Waals surface area (Å²) in [6.45, 7) is 4.22. The number of nitrogens with one attached hydrogen (secondary N) is 1. The van der Waals surface area contributed by atoms with E-state index in [4.69, 9.17) is 0 Å². The van der Waals surface area contributed by atoms with Crippen LogP contribution in [0.25, 0.3) is 10.2 Å². The van der Waals surface area contributed by atoms with Gasteiger partial charge in [-0.05, 0) is 49.2 Å². The minimum absolute atomic E-state index is 0.934. The standard InChI is InChI=1S/C17H19N3S/c1-11-5-8-16-14(9-11)19-17(21-16)18-13-7-6-12(2)15(10-13)20(3)4/h5-10H,1-4H3,(H,18,19). The molecule has 1 N–H and O–H groups in total. The Balaban J connectivity index is 1.93. The van der Waals surface area contributed by atoms with Crippen molar-refractivity contribution >= 4 is 38.1 Å². The molecule has 3 nitrogen and oxygen atoms in total. The SMILES string of the molecule is Cc1ccc2sc(Nc3ccc(C)c(N(C)C)c3)nc2c1. The zero-order chi connectivity index (χ0) is 15.0. The number of hydrogen-bond donors (Lipinski definition) is 1. The molecule has 3 rings (SSSR count). The summed E-state index contributed by atoms with van der Waals surface area (Å²) >= 11 is 1.68. The molecule has 0 aliphatic rings. The van der Waals surface area contributed by atoms with E-state index in [0.717, 1.165) is 16.3 Å². The highest BCUT2D eigenvalue weighted by atomic mass is 32.1. The lowest BCUT2D eigenvalue weighted by Gasteiger charge is -2.16. The number of thiazole rings is 1. The van der Waals surface area contributed by atoms with Gasteiger partial charge >= 0.3 is 0 Å². The summed E-state index contributed by atoms with van der Waals surface area (Å²) in [5.74, 6) is 0. The highest BCUT2D eigenvalue weighted by Crippen LogP contribution is 2.30. The summed E-state index contributed by atoms with van der Waals surface area (Å²) in [6.07, 6.45) is 0. The average Bonchev–Trinajstić information content (AvgIpc) is 2.82. The number of benzene rings is 2. The number of aromatic nitrogens is 1. The first-order valence-electron chi connectivity index (χ1n) is 6.95. The molecule has 1 aromatic heterocycles. The van der Waals surface area contributed by atoms with Gasteiger partial charge in [-0.1, -0.05) is 23.5 Å². The number of hydrogen-bond acceptors (Lipinski definition) is 4. The van der Waals surface area contributed by atoms with E-state index in [9.17, 15) is 0 Å². The molecule has 0 aliphatic carbocycles. The minimum Gasteiger partial charge on any atom is -0.377 e. The maximum Gasteiger partial charge on any atom is 0.188 e. The number of anilines is 3. The summed E-state index contributed by atoms with van der Waals surface area (Å²) < 4.78 is 1.21. The Kier molecular flexibility index (Phi) is 3.55. The Hall–Kier alpha value is -2.07. The topological polar surface area (TPSA) is 28.2 Å². The van der Waals surface area contributed by atoms with E-state index in [2.05, 4.69) is 79.5 Å². The van der Waals surface area contributed by atoms with Crippen molar-refractivity contribution in [2.45, 2.75) is 13.8 Å². The molecule has 0 fully saturated rings. The highest BCUT2D eigenvalue weighted by Gasteiger charge is 2.06. The first kappa shape index (κ1) is 13.9. The smallest absolute Gasteiger partial charge is 0.188 e. The quantitative estimate of drug-likeness (QED) is 0.758. The molecule has 0 spiro atoms. The summed E-state index contributed by atoms with van der Waals surface area (Å²) in [4.78, 5) is 6.79. The van der Waals surface area contributed by atoms with Gasteiger partial charge in [-0.15, -0.1) is 0 Å². The number of aryl methyl sites for hydroxylation is 2. The summed E-state index contributed by atoms with van der Waals surface area (Å²) in [5.41, 5.74) is 5.86. The van der Waals surface area contributed by atoms with E-state index in [-0.39, 0.29) is 0 Å². The molecule has 0 saturated heterocycles. The maximum atomic E-state index is 4.66. The first-order valence-corrected chi connectivity index (χ1v) is 7.77. The van der Waals surface area contributed by atoms with Crippen molar-refractivity contribution in [2.75, 3.05) is 24.3 Å². The van der Waals surface area contributed by atoms with E-state index >= 15 is 0 Å². The van der Waals surface area contributed by atoms with Crippen molar-refractivity contribution in [1.29, 1.82) is 0 Å². The van der Waals surface area contributed by atoms with Gasteiger partial charge in [-0.25, -0.2) is 4.98 Å². The van der Waals surface area contributed by atoms with Crippen LogP contribution in [-0.2, 0) is 0 Å². The molecular formula is C17H19N3S. The van der Waals surface area contributed by atoms with Crippen molar-refractivity contribution in [3.05, 3.63) is 47.5 Å². The Morgan fingerprint density at radius 3 is 2.62 bits per heavy atom.